The number of allylic oxidation sites excluding steroid dienone is 1. The third-order valence-corrected chi connectivity index (χ3v) is 4.87. The van der Waals surface area contributed by atoms with Crippen LogP contribution in [0.1, 0.15) is 92.4 Å². The summed E-state index contributed by atoms with van der Waals surface area (Å²) in [6.07, 6.45) is 13.9. The first-order valence-electron chi connectivity index (χ1n) is 9.98. The summed E-state index contributed by atoms with van der Waals surface area (Å²) in [5, 5.41) is 0. The van der Waals surface area contributed by atoms with Crippen LogP contribution < -0.4 is 0 Å². The molecule has 0 rings (SSSR count). The summed E-state index contributed by atoms with van der Waals surface area (Å²) in [7, 11) is 0. The molecule has 0 spiro atoms. The molecule has 23 heavy (non-hydrogen) atoms. The van der Waals surface area contributed by atoms with E-state index in [1.807, 2.05) is 0 Å². The lowest BCUT2D eigenvalue weighted by Gasteiger charge is -2.20. The van der Waals surface area contributed by atoms with Crippen LogP contribution in [-0.2, 0) is 0 Å². The third-order valence-electron chi connectivity index (χ3n) is 4.87. The highest BCUT2D eigenvalue weighted by molar-refractivity contribution is 5.28. The van der Waals surface area contributed by atoms with Crippen LogP contribution in [0.4, 0.5) is 0 Å². The van der Waals surface area contributed by atoms with Crippen molar-refractivity contribution in [2.45, 2.75) is 92.4 Å². The van der Waals surface area contributed by atoms with Crippen molar-refractivity contribution in [3.63, 3.8) is 0 Å². The van der Waals surface area contributed by atoms with Crippen molar-refractivity contribution in [3.8, 4) is 0 Å². The first kappa shape index (κ1) is 22.2. The van der Waals surface area contributed by atoms with E-state index < -0.39 is 0 Å². The van der Waals surface area contributed by atoms with Crippen LogP contribution in [0.25, 0.3) is 0 Å². The van der Waals surface area contributed by atoms with E-state index in [1.54, 1.807) is 0 Å². The molecular formula is C21H42N2. The maximum absolute atomic E-state index is 4.25. The largest absolute Gasteiger partial charge is 0.376 e. The van der Waals surface area contributed by atoms with Gasteiger partial charge in [-0.3, -0.25) is 4.99 Å². The molecule has 0 bridgehead atoms. The van der Waals surface area contributed by atoms with Gasteiger partial charge in [0.25, 0.3) is 0 Å². The van der Waals surface area contributed by atoms with E-state index >= 15 is 0 Å². The first-order valence-corrected chi connectivity index (χ1v) is 9.98. The predicted molar refractivity (Wildman–Crippen MR) is 106 cm³/mol. The van der Waals surface area contributed by atoms with Crippen molar-refractivity contribution >= 4 is 6.72 Å². The van der Waals surface area contributed by atoms with Gasteiger partial charge in [-0.05, 0) is 51.2 Å². The van der Waals surface area contributed by atoms with Crippen molar-refractivity contribution < 1.29 is 0 Å². The Labute approximate surface area is 146 Å². The Morgan fingerprint density at radius 3 is 2.22 bits per heavy atom. The van der Waals surface area contributed by atoms with E-state index in [9.17, 15) is 0 Å². The maximum atomic E-state index is 4.25. The molecule has 2 heteroatoms. The molecule has 0 N–H and O–H groups in total. The molecule has 136 valence electrons. The zero-order valence-electron chi connectivity index (χ0n) is 16.6. The molecule has 0 amide bonds. The van der Waals surface area contributed by atoms with E-state index in [0.29, 0.717) is 0 Å². The van der Waals surface area contributed by atoms with Gasteiger partial charge in [0.05, 0.1) is 5.70 Å². The minimum Gasteiger partial charge on any atom is -0.376 e. The third kappa shape index (κ3) is 12.3. The summed E-state index contributed by atoms with van der Waals surface area (Å²) in [5.74, 6) is 1.73. The van der Waals surface area contributed by atoms with E-state index in [-0.39, 0.29) is 0 Å². The van der Waals surface area contributed by atoms with Gasteiger partial charge in [0.1, 0.15) is 0 Å². The Balaban J connectivity index is 4.07. The lowest BCUT2D eigenvalue weighted by molar-refractivity contribution is 0.365. The molecule has 0 fully saturated rings. The molecule has 0 aliphatic carbocycles. The van der Waals surface area contributed by atoms with Crippen molar-refractivity contribution in [1.29, 1.82) is 0 Å². The van der Waals surface area contributed by atoms with Crippen molar-refractivity contribution in [1.82, 2.24) is 4.90 Å². The molecular weight excluding hydrogens is 280 g/mol. The van der Waals surface area contributed by atoms with Gasteiger partial charge in [0.2, 0.25) is 0 Å². The van der Waals surface area contributed by atoms with Gasteiger partial charge in [-0.1, -0.05) is 59.8 Å². The minimum atomic E-state index is 0.796. The quantitative estimate of drug-likeness (QED) is 0.243. The topological polar surface area (TPSA) is 15.6 Å². The average Bonchev–Trinajstić information content (AvgIpc) is 2.55. The first-order chi connectivity index (χ1) is 11.1. The van der Waals surface area contributed by atoms with Crippen molar-refractivity contribution in [3.05, 3.63) is 11.9 Å². The van der Waals surface area contributed by atoms with Gasteiger partial charge in [-0.15, -0.1) is 0 Å². The van der Waals surface area contributed by atoms with Crippen LogP contribution in [0.15, 0.2) is 16.9 Å². The second kappa shape index (κ2) is 14.8. The molecule has 0 aromatic rings. The number of unbranched alkanes of at least 4 members (excludes halogenated alkanes) is 2. The number of hydrogen-bond acceptors (Lipinski definition) is 2. The summed E-state index contributed by atoms with van der Waals surface area (Å²) in [5.41, 5.74) is 1.17. The lowest BCUT2D eigenvalue weighted by Crippen LogP contribution is -2.19. The van der Waals surface area contributed by atoms with E-state index in [4.69, 9.17) is 0 Å². The molecule has 0 unspecified atom stereocenters. The summed E-state index contributed by atoms with van der Waals surface area (Å²) in [6.45, 7) is 17.4. The molecule has 0 aliphatic rings. The average molecular weight is 323 g/mol. The molecule has 0 aromatic carbocycles. The van der Waals surface area contributed by atoms with Crippen LogP contribution in [0.3, 0.4) is 0 Å². The van der Waals surface area contributed by atoms with Gasteiger partial charge in [-0.25, -0.2) is 0 Å². The van der Waals surface area contributed by atoms with E-state index in [2.05, 4.69) is 57.4 Å². The van der Waals surface area contributed by atoms with Crippen molar-refractivity contribution in [2.75, 3.05) is 13.1 Å². The predicted octanol–water partition coefficient (Wildman–Crippen LogP) is 6.67. The highest BCUT2D eigenvalue weighted by Gasteiger charge is 2.04. The summed E-state index contributed by atoms with van der Waals surface area (Å²) >= 11 is 0. The molecule has 2 nitrogen and oxygen atoms in total. The Bertz CT molecular complexity index is 303. The molecule has 0 aromatic heterocycles. The van der Waals surface area contributed by atoms with Crippen LogP contribution >= 0.6 is 0 Å². The second-order valence-corrected chi connectivity index (χ2v) is 7.23. The number of aliphatic imine (C=N–C) groups is 1. The fourth-order valence-electron chi connectivity index (χ4n) is 3.02. The zero-order chi connectivity index (χ0) is 17.5. The van der Waals surface area contributed by atoms with Gasteiger partial charge >= 0.3 is 0 Å². The van der Waals surface area contributed by atoms with Gasteiger partial charge < -0.3 is 4.90 Å². The smallest absolute Gasteiger partial charge is 0.0554 e. The van der Waals surface area contributed by atoms with E-state index in [0.717, 1.165) is 31.3 Å². The summed E-state index contributed by atoms with van der Waals surface area (Å²) in [4.78, 5) is 6.65. The standard InChI is InChI=1S/C21H42N2/c1-7-20(8-2)15-11-10-12-16-21(22-6)18-23(9-3)17-13-14-19(4)5/h18-20H,6-17H2,1-5H3. The van der Waals surface area contributed by atoms with Crippen LogP contribution in [0.2, 0.25) is 0 Å². The van der Waals surface area contributed by atoms with Gasteiger partial charge in [0, 0.05) is 19.3 Å². The number of hydrogen-bond donors (Lipinski definition) is 0. The molecule has 0 saturated heterocycles. The monoisotopic (exact) mass is 322 g/mol. The normalized spacial score (nSPS) is 12.2. The molecule has 0 saturated carbocycles. The second-order valence-electron chi connectivity index (χ2n) is 7.23. The van der Waals surface area contributed by atoms with Gasteiger partial charge in [-0.2, -0.15) is 0 Å². The highest BCUT2D eigenvalue weighted by atomic mass is 15.1. The molecule has 0 heterocycles. The Morgan fingerprint density at radius 1 is 1.00 bits per heavy atom. The van der Waals surface area contributed by atoms with Crippen LogP contribution in [-0.4, -0.2) is 24.7 Å². The van der Waals surface area contributed by atoms with Gasteiger partial charge in [0.15, 0.2) is 0 Å². The van der Waals surface area contributed by atoms with Crippen LogP contribution in [0.5, 0.6) is 0 Å². The summed E-state index contributed by atoms with van der Waals surface area (Å²) < 4.78 is 0. The summed E-state index contributed by atoms with van der Waals surface area (Å²) in [6, 6.07) is 0. The minimum absolute atomic E-state index is 0.796. The SMILES string of the molecule is C=NC(=CN(CC)CCCC(C)C)CCCCCC(CC)CC. The zero-order valence-corrected chi connectivity index (χ0v) is 16.6. The fraction of sp³-hybridized carbons (Fsp3) is 0.857. The Kier molecular flexibility index (Phi) is 14.3. The molecule has 0 radical (unpaired) electrons. The Hall–Kier alpha value is -0.790. The molecule has 0 aliphatic heterocycles. The highest BCUT2D eigenvalue weighted by Crippen LogP contribution is 2.18. The van der Waals surface area contributed by atoms with E-state index in [1.165, 1.54) is 57.1 Å². The lowest BCUT2D eigenvalue weighted by atomic mass is 9.96. The fourth-order valence-corrected chi connectivity index (χ4v) is 3.02. The van der Waals surface area contributed by atoms with Crippen molar-refractivity contribution in [2.24, 2.45) is 16.8 Å². The van der Waals surface area contributed by atoms with Crippen LogP contribution in [0, 0.1) is 11.8 Å². The Morgan fingerprint density at radius 2 is 1.70 bits per heavy atom. The number of nitrogens with zero attached hydrogens (tertiary/aromatic N) is 2. The maximum Gasteiger partial charge on any atom is 0.0554 e. The number of rotatable bonds is 15. The molecule has 0 atom stereocenters.